The molecule has 0 aliphatic carbocycles. The molecule has 4 atom stereocenters. The monoisotopic (exact) mass is 315 g/mol. The molecule has 1 amide bonds. The summed E-state index contributed by atoms with van der Waals surface area (Å²) >= 11 is 0. The molecule has 5 nitrogen and oxygen atoms in total. The van der Waals surface area contributed by atoms with E-state index in [1.807, 2.05) is 26.0 Å². The lowest BCUT2D eigenvalue weighted by atomic mass is 9.84. The summed E-state index contributed by atoms with van der Waals surface area (Å²) in [5, 5.41) is 3.09. The van der Waals surface area contributed by atoms with E-state index >= 15 is 0 Å². The second-order valence-corrected chi connectivity index (χ2v) is 6.94. The van der Waals surface area contributed by atoms with Crippen LogP contribution in [-0.4, -0.2) is 31.1 Å². The van der Waals surface area contributed by atoms with Crippen LogP contribution in [0.25, 0.3) is 0 Å². The topological polar surface area (TPSA) is 59.8 Å². The fourth-order valence-corrected chi connectivity index (χ4v) is 5.00. The SMILES string of the molecule is CCOC(=O)[C@@H]1C[C@@]2(C(=O)Nc3c(C)cccc32)[NH+]2CCC[C@H]12. The maximum Gasteiger partial charge on any atom is 0.315 e. The number of nitrogens with one attached hydrogen (secondary N) is 2. The molecule has 23 heavy (non-hydrogen) atoms. The van der Waals surface area contributed by atoms with Gasteiger partial charge >= 0.3 is 5.97 Å². The number of anilines is 1. The summed E-state index contributed by atoms with van der Waals surface area (Å²) in [7, 11) is 0. The van der Waals surface area contributed by atoms with E-state index in [-0.39, 0.29) is 23.8 Å². The Morgan fingerprint density at radius 2 is 2.30 bits per heavy atom. The average molecular weight is 315 g/mol. The number of amides is 1. The van der Waals surface area contributed by atoms with E-state index in [0.29, 0.717) is 13.0 Å². The Morgan fingerprint density at radius 3 is 3.09 bits per heavy atom. The van der Waals surface area contributed by atoms with E-state index in [1.165, 1.54) is 4.90 Å². The van der Waals surface area contributed by atoms with Crippen molar-refractivity contribution in [2.24, 2.45) is 5.92 Å². The molecule has 0 aromatic heterocycles. The van der Waals surface area contributed by atoms with E-state index in [2.05, 4.69) is 11.4 Å². The van der Waals surface area contributed by atoms with Crippen LogP contribution in [0.4, 0.5) is 5.69 Å². The van der Waals surface area contributed by atoms with E-state index in [9.17, 15) is 9.59 Å². The molecule has 0 saturated carbocycles. The number of rotatable bonds is 2. The van der Waals surface area contributed by atoms with Gasteiger partial charge in [0.1, 0.15) is 12.0 Å². The van der Waals surface area contributed by atoms with Gasteiger partial charge in [-0.1, -0.05) is 18.2 Å². The standard InChI is InChI=1S/C18H22N2O3/c1-3-23-16(21)12-10-18(20-9-5-8-14(12)20)13-7-4-6-11(2)15(13)19-17(18)22/h4,6-7,12,14H,3,5,8-10H2,1-2H3,(H,19,22)/p+1/t12-,14-,18-/m1/s1. The van der Waals surface area contributed by atoms with Gasteiger partial charge in [-0.05, 0) is 19.4 Å². The molecule has 4 rings (SSSR count). The zero-order valence-electron chi connectivity index (χ0n) is 13.6. The van der Waals surface area contributed by atoms with Crippen molar-refractivity contribution in [1.82, 2.24) is 0 Å². The summed E-state index contributed by atoms with van der Waals surface area (Å²) in [6.45, 7) is 5.20. The molecule has 5 heteroatoms. The lowest BCUT2D eigenvalue weighted by Gasteiger charge is -2.29. The van der Waals surface area contributed by atoms with Crippen LogP contribution in [0.2, 0.25) is 0 Å². The highest BCUT2D eigenvalue weighted by Crippen LogP contribution is 2.45. The Hall–Kier alpha value is -1.88. The number of hydrogen-bond acceptors (Lipinski definition) is 3. The molecule has 3 aliphatic rings. The molecule has 2 N–H and O–H groups in total. The number of carbonyl (C=O) groups excluding carboxylic acids is 2. The summed E-state index contributed by atoms with van der Waals surface area (Å²) < 4.78 is 5.30. The summed E-state index contributed by atoms with van der Waals surface area (Å²) in [4.78, 5) is 26.7. The van der Waals surface area contributed by atoms with Crippen molar-refractivity contribution in [2.45, 2.75) is 44.7 Å². The number of fused-ring (bicyclic) bond motifs is 4. The molecule has 1 aromatic carbocycles. The van der Waals surface area contributed by atoms with Gasteiger partial charge in [-0.25, -0.2) is 0 Å². The third-order valence-corrected chi connectivity index (χ3v) is 5.92. The molecule has 1 aromatic rings. The Labute approximate surface area is 136 Å². The number of ether oxygens (including phenoxy) is 1. The molecule has 0 bridgehead atoms. The second kappa shape index (κ2) is 5.06. The van der Waals surface area contributed by atoms with Crippen molar-refractivity contribution < 1.29 is 19.2 Å². The van der Waals surface area contributed by atoms with Gasteiger partial charge in [-0.15, -0.1) is 0 Å². The van der Waals surface area contributed by atoms with Gasteiger partial charge in [0.05, 0.1) is 18.8 Å². The van der Waals surface area contributed by atoms with Crippen LogP contribution in [0, 0.1) is 12.8 Å². The first-order chi connectivity index (χ1) is 11.1. The van der Waals surface area contributed by atoms with E-state index in [4.69, 9.17) is 4.74 Å². The van der Waals surface area contributed by atoms with Gasteiger partial charge in [-0.3, -0.25) is 9.59 Å². The van der Waals surface area contributed by atoms with Gasteiger partial charge in [-0.2, -0.15) is 0 Å². The molecule has 3 heterocycles. The molecule has 1 spiro atoms. The van der Waals surface area contributed by atoms with Crippen LogP contribution in [-0.2, 0) is 19.9 Å². The Kier molecular flexibility index (Phi) is 3.23. The smallest absolute Gasteiger partial charge is 0.315 e. The van der Waals surface area contributed by atoms with Crippen molar-refractivity contribution >= 4 is 17.6 Å². The first-order valence-corrected chi connectivity index (χ1v) is 8.54. The highest BCUT2D eigenvalue weighted by atomic mass is 16.5. The predicted molar refractivity (Wildman–Crippen MR) is 85.1 cm³/mol. The molecule has 0 radical (unpaired) electrons. The first kappa shape index (κ1) is 14.7. The maximum atomic E-state index is 13.0. The van der Waals surface area contributed by atoms with Crippen LogP contribution in [0.3, 0.4) is 0 Å². The second-order valence-electron chi connectivity index (χ2n) is 6.94. The van der Waals surface area contributed by atoms with Crippen LogP contribution >= 0.6 is 0 Å². The normalized spacial score (nSPS) is 34.3. The van der Waals surface area contributed by atoms with E-state index in [1.54, 1.807) is 0 Å². The van der Waals surface area contributed by atoms with Crippen molar-refractivity contribution in [1.29, 1.82) is 0 Å². The van der Waals surface area contributed by atoms with Crippen molar-refractivity contribution in [3.63, 3.8) is 0 Å². The molecule has 1 unspecified atom stereocenters. The van der Waals surface area contributed by atoms with Crippen molar-refractivity contribution in [3.05, 3.63) is 29.3 Å². The summed E-state index contributed by atoms with van der Waals surface area (Å²) in [6, 6.07) is 6.28. The summed E-state index contributed by atoms with van der Waals surface area (Å²) in [5.41, 5.74) is 2.48. The van der Waals surface area contributed by atoms with E-state index < -0.39 is 5.54 Å². The molecule has 2 fully saturated rings. The number of quaternary nitrogens is 1. The molecule has 2 saturated heterocycles. The molecule has 3 aliphatic heterocycles. The number of esters is 1. The fourth-order valence-electron chi connectivity index (χ4n) is 5.00. The maximum absolute atomic E-state index is 13.0. The number of benzene rings is 1. The van der Waals surface area contributed by atoms with Crippen LogP contribution in [0.1, 0.15) is 37.3 Å². The summed E-state index contributed by atoms with van der Waals surface area (Å²) in [5.74, 6) is -0.261. The first-order valence-electron chi connectivity index (χ1n) is 8.54. The largest absolute Gasteiger partial charge is 0.466 e. The molecular weight excluding hydrogens is 292 g/mol. The number of hydrogen-bond donors (Lipinski definition) is 2. The van der Waals surface area contributed by atoms with Gasteiger partial charge in [0, 0.05) is 24.8 Å². The highest BCUT2D eigenvalue weighted by Gasteiger charge is 2.67. The van der Waals surface area contributed by atoms with Gasteiger partial charge in [0.25, 0.3) is 5.91 Å². The third-order valence-electron chi connectivity index (χ3n) is 5.92. The Bertz CT molecular complexity index is 687. The fraction of sp³-hybridized carbons (Fsp3) is 0.556. The minimum atomic E-state index is -0.611. The number of para-hydroxylation sites is 1. The van der Waals surface area contributed by atoms with Crippen LogP contribution in [0.5, 0.6) is 0 Å². The molecule has 122 valence electrons. The Morgan fingerprint density at radius 1 is 1.48 bits per heavy atom. The lowest BCUT2D eigenvalue weighted by Crippen LogP contribution is -3.19. The zero-order valence-corrected chi connectivity index (χ0v) is 13.6. The van der Waals surface area contributed by atoms with Crippen molar-refractivity contribution in [3.8, 4) is 0 Å². The third kappa shape index (κ3) is 1.83. The Balaban J connectivity index is 1.81. The van der Waals surface area contributed by atoms with E-state index in [0.717, 1.165) is 36.2 Å². The zero-order chi connectivity index (χ0) is 16.2. The highest BCUT2D eigenvalue weighted by molar-refractivity contribution is 6.06. The van der Waals surface area contributed by atoms with Gasteiger partial charge < -0.3 is 15.0 Å². The predicted octanol–water partition coefficient (Wildman–Crippen LogP) is 0.773. The van der Waals surface area contributed by atoms with Crippen LogP contribution < -0.4 is 10.2 Å². The minimum Gasteiger partial charge on any atom is -0.466 e. The summed E-state index contributed by atoms with van der Waals surface area (Å²) in [6.07, 6.45) is 2.62. The quantitative estimate of drug-likeness (QED) is 0.793. The van der Waals surface area contributed by atoms with Crippen molar-refractivity contribution in [2.75, 3.05) is 18.5 Å². The van der Waals surface area contributed by atoms with Gasteiger partial charge in [0.15, 0.2) is 0 Å². The molecular formula is C18H23N2O3+. The average Bonchev–Trinajstić information content (AvgIpc) is 3.17. The van der Waals surface area contributed by atoms with Crippen LogP contribution in [0.15, 0.2) is 18.2 Å². The van der Waals surface area contributed by atoms with Gasteiger partial charge in [0.2, 0.25) is 5.54 Å². The minimum absolute atomic E-state index is 0.0514. The lowest BCUT2D eigenvalue weighted by molar-refractivity contribution is -0.947. The number of carbonyl (C=O) groups is 2. The number of aryl methyl sites for hydroxylation is 1.